The smallest absolute Gasteiger partial charge is 0.386 e. The Labute approximate surface area is 155 Å². The van der Waals surface area contributed by atoms with Crippen LogP contribution in [0.5, 0.6) is 0 Å². The molecule has 27 heavy (non-hydrogen) atoms. The van der Waals surface area contributed by atoms with Crippen molar-refractivity contribution in [2.75, 3.05) is 25.0 Å². The fourth-order valence-corrected chi connectivity index (χ4v) is 3.08. The number of nitrogens with zero attached hydrogens (tertiary/aromatic N) is 2. The lowest BCUT2D eigenvalue weighted by Gasteiger charge is -2.34. The minimum atomic E-state index is -4.50. The predicted molar refractivity (Wildman–Crippen MR) is 94.0 cm³/mol. The number of likely N-dealkylation sites (tertiary alicyclic amines) is 1. The number of oxime groups is 1. The number of amides is 2. The topological polar surface area (TPSA) is 71.0 Å². The number of carbonyl (C=O) groups is 2. The summed E-state index contributed by atoms with van der Waals surface area (Å²) in [5, 5.41) is 5.66. The quantitative estimate of drug-likeness (QED) is 0.625. The van der Waals surface area contributed by atoms with Crippen LogP contribution in [0.2, 0.25) is 0 Å². The van der Waals surface area contributed by atoms with Gasteiger partial charge >= 0.3 is 6.18 Å². The molecule has 0 aliphatic carbocycles. The molecule has 2 unspecified atom stereocenters. The molecule has 6 nitrogen and oxygen atoms in total. The number of alkyl halides is 3. The Kier molecular flexibility index (Phi) is 6.81. The van der Waals surface area contributed by atoms with Crippen LogP contribution in [0.1, 0.15) is 25.8 Å². The summed E-state index contributed by atoms with van der Waals surface area (Å²) in [6.45, 7) is 5.17. The Hall–Kier alpha value is -2.58. The number of anilines is 1. The maximum absolute atomic E-state index is 12.6. The number of piperidine rings is 1. The molecule has 1 aliphatic heterocycles. The van der Waals surface area contributed by atoms with Crippen LogP contribution in [-0.4, -0.2) is 42.6 Å². The van der Waals surface area contributed by atoms with Gasteiger partial charge in [-0.05, 0) is 36.5 Å². The van der Waals surface area contributed by atoms with Crippen LogP contribution in [0, 0.1) is 11.8 Å². The normalized spacial score (nSPS) is 20.6. The molecule has 1 N–H and O–H groups in total. The van der Waals surface area contributed by atoms with Crippen LogP contribution in [0.3, 0.4) is 0 Å². The van der Waals surface area contributed by atoms with Crippen molar-refractivity contribution in [3.8, 4) is 0 Å². The van der Waals surface area contributed by atoms with Crippen molar-refractivity contribution in [1.82, 2.24) is 4.90 Å². The Morgan fingerprint density at radius 3 is 2.59 bits per heavy atom. The zero-order valence-corrected chi connectivity index (χ0v) is 15.1. The zero-order valence-electron chi connectivity index (χ0n) is 15.1. The Morgan fingerprint density at radius 1 is 1.30 bits per heavy atom. The van der Waals surface area contributed by atoms with E-state index in [1.54, 1.807) is 4.90 Å². The van der Waals surface area contributed by atoms with E-state index in [2.05, 4.69) is 24.3 Å². The molecule has 2 rings (SSSR count). The van der Waals surface area contributed by atoms with Crippen LogP contribution in [0.25, 0.3) is 0 Å². The Balaban J connectivity index is 1.79. The third kappa shape index (κ3) is 6.58. The van der Waals surface area contributed by atoms with Gasteiger partial charge < -0.3 is 15.1 Å². The van der Waals surface area contributed by atoms with Gasteiger partial charge in [0.05, 0.1) is 5.56 Å². The van der Waals surface area contributed by atoms with Gasteiger partial charge in [0.25, 0.3) is 11.8 Å². The van der Waals surface area contributed by atoms with Crippen LogP contribution >= 0.6 is 0 Å². The van der Waals surface area contributed by atoms with Crippen molar-refractivity contribution in [2.45, 2.75) is 26.4 Å². The third-order valence-electron chi connectivity index (χ3n) is 4.11. The van der Waals surface area contributed by atoms with Crippen LogP contribution in [-0.2, 0) is 20.6 Å². The summed E-state index contributed by atoms with van der Waals surface area (Å²) in [5.74, 6) is -0.148. The van der Waals surface area contributed by atoms with E-state index in [9.17, 15) is 22.8 Å². The standard InChI is InChI=1S/C18H22F3N3O3/c1-12-6-13(2)10-24(9-12)17(26)11-27-22-8-16(25)23-15-5-3-4-14(7-15)18(19,20)21/h3-5,7-8,12-13H,6,9-11H2,1-2H3,(H,23,25). The van der Waals surface area contributed by atoms with Crippen molar-refractivity contribution in [3.63, 3.8) is 0 Å². The van der Waals surface area contributed by atoms with E-state index in [4.69, 9.17) is 4.84 Å². The molecule has 2 atom stereocenters. The van der Waals surface area contributed by atoms with E-state index >= 15 is 0 Å². The first-order valence-electron chi connectivity index (χ1n) is 8.56. The molecule has 0 bridgehead atoms. The Bertz CT molecular complexity index is 697. The number of hydrogen-bond donors (Lipinski definition) is 1. The molecule has 148 valence electrons. The lowest BCUT2D eigenvalue weighted by Crippen LogP contribution is -2.44. The minimum absolute atomic E-state index is 0.0198. The number of nitrogens with one attached hydrogen (secondary N) is 1. The average molecular weight is 385 g/mol. The minimum Gasteiger partial charge on any atom is -0.386 e. The van der Waals surface area contributed by atoms with Crippen molar-refractivity contribution in [3.05, 3.63) is 29.8 Å². The summed E-state index contributed by atoms with van der Waals surface area (Å²) in [7, 11) is 0. The van der Waals surface area contributed by atoms with Gasteiger partial charge in [-0.25, -0.2) is 0 Å². The van der Waals surface area contributed by atoms with Crippen LogP contribution in [0.4, 0.5) is 18.9 Å². The number of hydrogen-bond acceptors (Lipinski definition) is 4. The highest BCUT2D eigenvalue weighted by molar-refractivity contribution is 6.31. The molecule has 1 aromatic rings. The molecule has 1 fully saturated rings. The van der Waals surface area contributed by atoms with Gasteiger partial charge in [0.1, 0.15) is 6.21 Å². The van der Waals surface area contributed by atoms with E-state index < -0.39 is 17.6 Å². The largest absolute Gasteiger partial charge is 0.416 e. The van der Waals surface area contributed by atoms with E-state index in [1.807, 2.05) is 0 Å². The van der Waals surface area contributed by atoms with Crippen molar-refractivity contribution >= 4 is 23.7 Å². The summed E-state index contributed by atoms with van der Waals surface area (Å²) >= 11 is 0. The lowest BCUT2D eigenvalue weighted by atomic mass is 9.92. The first-order chi connectivity index (χ1) is 12.6. The fourth-order valence-electron chi connectivity index (χ4n) is 3.08. The highest BCUT2D eigenvalue weighted by Gasteiger charge is 2.30. The molecule has 0 aromatic heterocycles. The van der Waals surface area contributed by atoms with Gasteiger partial charge in [0.15, 0.2) is 6.61 Å². The molecule has 0 spiro atoms. The molecular formula is C18H22F3N3O3. The Morgan fingerprint density at radius 2 is 1.96 bits per heavy atom. The lowest BCUT2D eigenvalue weighted by molar-refractivity contribution is -0.139. The number of rotatable bonds is 5. The summed E-state index contributed by atoms with van der Waals surface area (Å²) in [4.78, 5) is 30.3. The molecule has 9 heteroatoms. The van der Waals surface area contributed by atoms with Crippen LogP contribution < -0.4 is 5.32 Å². The molecule has 2 amide bonds. The fraction of sp³-hybridized carbons (Fsp3) is 0.500. The van der Waals surface area contributed by atoms with Gasteiger partial charge in [-0.1, -0.05) is 25.1 Å². The van der Waals surface area contributed by atoms with E-state index in [1.165, 1.54) is 12.1 Å². The van der Waals surface area contributed by atoms with E-state index in [0.29, 0.717) is 24.9 Å². The van der Waals surface area contributed by atoms with Gasteiger partial charge in [0.2, 0.25) is 0 Å². The van der Waals surface area contributed by atoms with Gasteiger partial charge in [-0.3, -0.25) is 9.59 Å². The second-order valence-corrected chi connectivity index (χ2v) is 6.82. The number of carbonyl (C=O) groups excluding carboxylic acids is 2. The first-order valence-corrected chi connectivity index (χ1v) is 8.56. The first kappa shape index (κ1) is 20.7. The maximum atomic E-state index is 12.6. The molecular weight excluding hydrogens is 363 g/mol. The van der Waals surface area contributed by atoms with E-state index in [-0.39, 0.29) is 18.2 Å². The molecule has 1 heterocycles. The third-order valence-corrected chi connectivity index (χ3v) is 4.11. The average Bonchev–Trinajstić information content (AvgIpc) is 2.57. The van der Waals surface area contributed by atoms with Gasteiger partial charge in [-0.2, -0.15) is 13.2 Å². The highest BCUT2D eigenvalue weighted by Crippen LogP contribution is 2.30. The van der Waals surface area contributed by atoms with E-state index in [0.717, 1.165) is 24.8 Å². The maximum Gasteiger partial charge on any atom is 0.416 e. The van der Waals surface area contributed by atoms with Gasteiger partial charge in [0, 0.05) is 18.8 Å². The van der Waals surface area contributed by atoms with Crippen molar-refractivity contribution < 1.29 is 27.6 Å². The summed E-state index contributed by atoms with van der Waals surface area (Å²) in [5.41, 5.74) is -0.891. The summed E-state index contributed by atoms with van der Waals surface area (Å²) in [6, 6.07) is 4.23. The number of halogens is 3. The number of benzene rings is 1. The SMILES string of the molecule is CC1CC(C)CN(C(=O)CON=CC(=O)Nc2cccc(C(F)(F)F)c2)C1. The summed E-state index contributed by atoms with van der Waals surface area (Å²) in [6.07, 6.45) is -2.66. The monoisotopic (exact) mass is 385 g/mol. The highest BCUT2D eigenvalue weighted by atomic mass is 19.4. The molecule has 0 saturated carbocycles. The van der Waals surface area contributed by atoms with Gasteiger partial charge in [-0.15, -0.1) is 0 Å². The summed E-state index contributed by atoms with van der Waals surface area (Å²) < 4.78 is 37.9. The predicted octanol–water partition coefficient (Wildman–Crippen LogP) is 3.15. The molecule has 1 saturated heterocycles. The zero-order chi connectivity index (χ0) is 20.0. The molecule has 0 radical (unpaired) electrons. The second kappa shape index (κ2) is 8.88. The van der Waals surface area contributed by atoms with Crippen molar-refractivity contribution in [1.29, 1.82) is 0 Å². The van der Waals surface area contributed by atoms with Crippen molar-refractivity contribution in [2.24, 2.45) is 17.0 Å². The van der Waals surface area contributed by atoms with Crippen LogP contribution in [0.15, 0.2) is 29.4 Å². The second-order valence-electron chi connectivity index (χ2n) is 6.82. The molecule has 1 aromatic carbocycles. The molecule has 1 aliphatic rings.